The van der Waals surface area contributed by atoms with Crippen LogP contribution in [-0.2, 0) is 14.3 Å². The second-order valence-corrected chi connectivity index (χ2v) is 6.51. The minimum absolute atomic E-state index is 0.176. The lowest BCUT2D eigenvalue weighted by Gasteiger charge is -2.31. The second-order valence-electron chi connectivity index (χ2n) is 6.07. The second kappa shape index (κ2) is 9.07. The summed E-state index contributed by atoms with van der Waals surface area (Å²) < 4.78 is 40.7. The number of carbonyl (C=O) groups is 3. The van der Waals surface area contributed by atoms with Crippen molar-refractivity contribution in [3.63, 3.8) is 0 Å². The van der Waals surface area contributed by atoms with E-state index in [-0.39, 0.29) is 5.91 Å². The topological polar surface area (TPSA) is 75.7 Å². The molecule has 0 bridgehead atoms. The van der Waals surface area contributed by atoms with Crippen molar-refractivity contribution >= 4 is 29.4 Å². The van der Waals surface area contributed by atoms with E-state index in [0.29, 0.717) is 36.5 Å². The molecule has 1 aromatic carbocycles. The van der Waals surface area contributed by atoms with Gasteiger partial charge in [0.1, 0.15) is 6.54 Å². The van der Waals surface area contributed by atoms with Crippen LogP contribution in [0.4, 0.5) is 13.2 Å². The van der Waals surface area contributed by atoms with E-state index in [2.05, 4.69) is 0 Å². The number of nitrogens with one attached hydrogen (secondary N) is 1. The average molecular weight is 407 g/mol. The molecule has 0 atom stereocenters. The van der Waals surface area contributed by atoms with Crippen LogP contribution in [0.3, 0.4) is 0 Å². The fourth-order valence-corrected chi connectivity index (χ4v) is 2.72. The van der Waals surface area contributed by atoms with Gasteiger partial charge < -0.3 is 15.0 Å². The molecule has 10 heteroatoms. The Morgan fingerprint density at radius 1 is 1.15 bits per heavy atom. The molecule has 27 heavy (non-hydrogen) atoms. The standard InChI is InChI=1S/C17H18ClF3N2O4/c18-13-3-1-11(2-4-13)15(25)23-7-5-12(6-8-23)16(26)27-9-14(24)22-10-17(19,20)21/h1-4,12H,5-10H2,(H,22,24). The van der Waals surface area contributed by atoms with Crippen molar-refractivity contribution in [2.75, 3.05) is 26.2 Å². The Balaban J connectivity index is 1.74. The zero-order chi connectivity index (χ0) is 20.0. The van der Waals surface area contributed by atoms with Gasteiger partial charge in [0.15, 0.2) is 6.61 Å². The molecule has 0 spiro atoms. The van der Waals surface area contributed by atoms with Crippen LogP contribution in [0.1, 0.15) is 23.2 Å². The third-order valence-electron chi connectivity index (χ3n) is 4.04. The predicted molar refractivity (Wildman–Crippen MR) is 90.1 cm³/mol. The van der Waals surface area contributed by atoms with Gasteiger partial charge in [-0.1, -0.05) is 11.6 Å². The number of alkyl halides is 3. The third-order valence-corrected chi connectivity index (χ3v) is 4.29. The molecule has 0 saturated carbocycles. The monoisotopic (exact) mass is 406 g/mol. The van der Waals surface area contributed by atoms with Crippen LogP contribution >= 0.6 is 11.6 Å². The van der Waals surface area contributed by atoms with Gasteiger partial charge in [0.05, 0.1) is 5.92 Å². The van der Waals surface area contributed by atoms with E-state index < -0.39 is 37.1 Å². The van der Waals surface area contributed by atoms with E-state index in [9.17, 15) is 27.6 Å². The van der Waals surface area contributed by atoms with E-state index in [1.54, 1.807) is 34.5 Å². The van der Waals surface area contributed by atoms with Crippen LogP contribution in [0.5, 0.6) is 0 Å². The number of hydrogen-bond donors (Lipinski definition) is 1. The van der Waals surface area contributed by atoms with Gasteiger partial charge in [0.25, 0.3) is 11.8 Å². The predicted octanol–water partition coefficient (Wildman–Crippen LogP) is 2.41. The summed E-state index contributed by atoms with van der Waals surface area (Å²) in [7, 11) is 0. The molecular formula is C17H18ClF3N2O4. The van der Waals surface area contributed by atoms with E-state index in [0.717, 1.165) is 0 Å². The lowest BCUT2D eigenvalue weighted by Crippen LogP contribution is -2.41. The number of likely N-dealkylation sites (tertiary alicyclic amines) is 1. The van der Waals surface area contributed by atoms with Gasteiger partial charge in [0.2, 0.25) is 0 Å². The van der Waals surface area contributed by atoms with Crippen LogP contribution in [0.2, 0.25) is 5.02 Å². The molecule has 1 aliphatic heterocycles. The van der Waals surface area contributed by atoms with Gasteiger partial charge in [0, 0.05) is 23.7 Å². The fourth-order valence-electron chi connectivity index (χ4n) is 2.60. The first-order valence-electron chi connectivity index (χ1n) is 8.20. The number of carbonyl (C=O) groups excluding carboxylic acids is 3. The van der Waals surface area contributed by atoms with Gasteiger partial charge in [-0.15, -0.1) is 0 Å². The highest BCUT2D eigenvalue weighted by molar-refractivity contribution is 6.30. The summed E-state index contributed by atoms with van der Waals surface area (Å²) in [5.74, 6) is -2.36. The van der Waals surface area contributed by atoms with Gasteiger partial charge in [-0.2, -0.15) is 13.2 Å². The highest BCUT2D eigenvalue weighted by Gasteiger charge is 2.30. The van der Waals surface area contributed by atoms with Crippen molar-refractivity contribution in [2.45, 2.75) is 19.0 Å². The molecule has 1 aliphatic rings. The summed E-state index contributed by atoms with van der Waals surface area (Å²) >= 11 is 5.79. The lowest BCUT2D eigenvalue weighted by atomic mass is 9.96. The number of rotatable bonds is 5. The lowest BCUT2D eigenvalue weighted by molar-refractivity contribution is -0.155. The van der Waals surface area contributed by atoms with Gasteiger partial charge in [-0.05, 0) is 37.1 Å². The molecule has 1 heterocycles. The highest BCUT2D eigenvalue weighted by Crippen LogP contribution is 2.21. The molecule has 6 nitrogen and oxygen atoms in total. The van der Waals surface area contributed by atoms with Crippen LogP contribution in [0.15, 0.2) is 24.3 Å². The van der Waals surface area contributed by atoms with E-state index in [4.69, 9.17) is 16.3 Å². The highest BCUT2D eigenvalue weighted by atomic mass is 35.5. The van der Waals surface area contributed by atoms with Crippen molar-refractivity contribution in [3.8, 4) is 0 Å². The van der Waals surface area contributed by atoms with Crippen molar-refractivity contribution in [1.29, 1.82) is 0 Å². The SMILES string of the molecule is O=C(COC(=O)C1CCN(C(=O)c2ccc(Cl)cc2)CC1)NCC(F)(F)F. The van der Waals surface area contributed by atoms with Crippen LogP contribution in [0.25, 0.3) is 0 Å². The molecule has 2 amide bonds. The number of hydrogen-bond acceptors (Lipinski definition) is 4. The number of benzene rings is 1. The van der Waals surface area contributed by atoms with Crippen LogP contribution in [-0.4, -0.2) is 55.1 Å². The maximum Gasteiger partial charge on any atom is 0.405 e. The first kappa shape index (κ1) is 21.0. The Labute approximate surface area is 158 Å². The number of halogens is 4. The van der Waals surface area contributed by atoms with Crippen molar-refractivity contribution in [2.24, 2.45) is 5.92 Å². The summed E-state index contributed by atoms with van der Waals surface area (Å²) in [6.07, 6.45) is -3.83. The van der Waals surface area contributed by atoms with Crippen LogP contribution < -0.4 is 5.32 Å². The molecule has 1 aromatic rings. The summed E-state index contributed by atoms with van der Waals surface area (Å²) in [6.45, 7) is -1.57. The number of nitrogens with zero attached hydrogens (tertiary/aromatic N) is 1. The Morgan fingerprint density at radius 3 is 2.30 bits per heavy atom. The number of piperidine rings is 1. The molecular weight excluding hydrogens is 389 g/mol. The quantitative estimate of drug-likeness (QED) is 0.762. The van der Waals surface area contributed by atoms with Gasteiger partial charge >= 0.3 is 12.1 Å². The number of esters is 1. The number of ether oxygens (including phenoxy) is 1. The zero-order valence-electron chi connectivity index (χ0n) is 14.2. The Kier molecular flexibility index (Phi) is 7.06. The van der Waals surface area contributed by atoms with Crippen molar-refractivity contribution in [1.82, 2.24) is 10.2 Å². The molecule has 1 saturated heterocycles. The molecule has 0 aromatic heterocycles. The van der Waals surface area contributed by atoms with Gasteiger partial charge in [-0.3, -0.25) is 14.4 Å². The Hall–Kier alpha value is -2.29. The average Bonchev–Trinajstić information content (AvgIpc) is 2.64. The minimum Gasteiger partial charge on any atom is -0.455 e. The van der Waals surface area contributed by atoms with Crippen molar-refractivity contribution in [3.05, 3.63) is 34.9 Å². The third kappa shape index (κ3) is 6.74. The zero-order valence-corrected chi connectivity index (χ0v) is 15.0. The molecule has 1 fully saturated rings. The molecule has 0 unspecified atom stereocenters. The summed E-state index contributed by atoms with van der Waals surface area (Å²) in [4.78, 5) is 37.2. The first-order chi connectivity index (χ1) is 12.7. The minimum atomic E-state index is -4.52. The van der Waals surface area contributed by atoms with E-state index >= 15 is 0 Å². The summed E-state index contributed by atoms with van der Waals surface area (Å²) in [5, 5.41) is 2.14. The molecule has 0 radical (unpaired) electrons. The summed E-state index contributed by atoms with van der Waals surface area (Å²) in [6, 6.07) is 6.46. The normalized spacial score (nSPS) is 15.3. The Morgan fingerprint density at radius 2 is 1.74 bits per heavy atom. The molecule has 148 valence electrons. The maximum atomic E-state index is 12.4. The molecule has 1 N–H and O–H groups in total. The summed E-state index contributed by atoms with van der Waals surface area (Å²) in [5.41, 5.74) is 0.488. The van der Waals surface area contributed by atoms with E-state index in [1.165, 1.54) is 0 Å². The van der Waals surface area contributed by atoms with Gasteiger partial charge in [-0.25, -0.2) is 0 Å². The largest absolute Gasteiger partial charge is 0.455 e. The maximum absolute atomic E-state index is 12.4. The fraction of sp³-hybridized carbons (Fsp3) is 0.471. The van der Waals surface area contributed by atoms with Crippen molar-refractivity contribution < 1.29 is 32.3 Å². The number of amides is 2. The molecule has 0 aliphatic carbocycles. The molecule has 2 rings (SSSR count). The first-order valence-corrected chi connectivity index (χ1v) is 8.58. The van der Waals surface area contributed by atoms with E-state index in [1.807, 2.05) is 0 Å². The smallest absolute Gasteiger partial charge is 0.405 e. The Bertz CT molecular complexity index is 686. The van der Waals surface area contributed by atoms with Crippen LogP contribution in [0, 0.1) is 5.92 Å².